The summed E-state index contributed by atoms with van der Waals surface area (Å²) in [4.78, 5) is 17.3. The normalized spacial score (nSPS) is 18.4. The monoisotopic (exact) mass is 379 g/mol. The SMILES string of the molecule is O=C(C=Cc1ccco1)Nc1nc2c(s1)CN(S(=O)(=O)C1CC1)CC2. The zero-order valence-corrected chi connectivity index (χ0v) is 15.0. The maximum Gasteiger partial charge on any atom is 0.250 e. The van der Waals surface area contributed by atoms with Crippen LogP contribution in [0.15, 0.2) is 28.9 Å². The summed E-state index contributed by atoms with van der Waals surface area (Å²) in [7, 11) is -3.18. The molecule has 25 heavy (non-hydrogen) atoms. The van der Waals surface area contributed by atoms with E-state index in [2.05, 4.69) is 10.3 Å². The first-order valence-corrected chi connectivity index (χ1v) is 10.3. The van der Waals surface area contributed by atoms with E-state index in [0.29, 0.717) is 30.4 Å². The molecule has 0 radical (unpaired) electrons. The van der Waals surface area contributed by atoms with Gasteiger partial charge in [0.2, 0.25) is 15.9 Å². The molecule has 0 atom stereocenters. The van der Waals surface area contributed by atoms with Crippen molar-refractivity contribution in [1.29, 1.82) is 0 Å². The molecule has 2 aliphatic rings. The van der Waals surface area contributed by atoms with Crippen LogP contribution in [-0.4, -0.2) is 35.4 Å². The molecule has 7 nitrogen and oxygen atoms in total. The lowest BCUT2D eigenvalue weighted by molar-refractivity contribution is -0.111. The Hall–Kier alpha value is -1.97. The number of thiazole rings is 1. The number of sulfonamides is 1. The molecule has 2 aromatic heterocycles. The molecule has 0 aromatic carbocycles. The van der Waals surface area contributed by atoms with E-state index in [1.54, 1.807) is 22.5 Å². The summed E-state index contributed by atoms with van der Waals surface area (Å²) < 4.78 is 31.4. The maximum absolute atomic E-state index is 12.4. The van der Waals surface area contributed by atoms with E-state index >= 15 is 0 Å². The zero-order valence-electron chi connectivity index (χ0n) is 13.3. The average molecular weight is 379 g/mol. The number of amides is 1. The Bertz CT molecular complexity index is 911. The largest absolute Gasteiger partial charge is 0.465 e. The Morgan fingerprint density at radius 2 is 2.28 bits per heavy atom. The Morgan fingerprint density at radius 1 is 1.44 bits per heavy atom. The topological polar surface area (TPSA) is 92.5 Å². The van der Waals surface area contributed by atoms with Crippen LogP contribution in [0.5, 0.6) is 0 Å². The number of nitrogens with one attached hydrogen (secondary N) is 1. The number of carbonyl (C=O) groups is 1. The van der Waals surface area contributed by atoms with Gasteiger partial charge in [-0.3, -0.25) is 10.1 Å². The number of aromatic nitrogens is 1. The summed E-state index contributed by atoms with van der Waals surface area (Å²) in [6, 6.07) is 3.49. The van der Waals surface area contributed by atoms with Gasteiger partial charge in [-0.25, -0.2) is 13.4 Å². The fraction of sp³-hybridized carbons (Fsp3) is 0.375. The van der Waals surface area contributed by atoms with Crippen molar-refractivity contribution < 1.29 is 17.6 Å². The minimum absolute atomic E-state index is 0.201. The lowest BCUT2D eigenvalue weighted by Crippen LogP contribution is -2.37. The van der Waals surface area contributed by atoms with Crippen LogP contribution in [-0.2, 0) is 27.8 Å². The Kier molecular flexibility index (Phi) is 4.22. The van der Waals surface area contributed by atoms with Gasteiger partial charge < -0.3 is 4.42 Å². The summed E-state index contributed by atoms with van der Waals surface area (Å²) in [6.07, 6.45) is 6.59. The van der Waals surface area contributed by atoms with Crippen molar-refractivity contribution in [3.05, 3.63) is 40.8 Å². The second-order valence-electron chi connectivity index (χ2n) is 6.05. The van der Waals surface area contributed by atoms with E-state index in [1.807, 2.05) is 0 Å². The molecule has 4 rings (SSSR count). The third kappa shape index (κ3) is 3.53. The first-order chi connectivity index (χ1) is 12.0. The van der Waals surface area contributed by atoms with Gasteiger partial charge in [0.05, 0.1) is 17.2 Å². The lowest BCUT2D eigenvalue weighted by atomic mass is 10.2. The summed E-state index contributed by atoms with van der Waals surface area (Å²) in [6.45, 7) is 0.811. The molecule has 0 saturated heterocycles. The number of rotatable bonds is 5. The molecular formula is C16H17N3O4S2. The second-order valence-corrected chi connectivity index (χ2v) is 9.35. The summed E-state index contributed by atoms with van der Waals surface area (Å²) in [5, 5.41) is 3.01. The molecule has 1 fully saturated rings. The van der Waals surface area contributed by atoms with Crippen molar-refractivity contribution in [3.8, 4) is 0 Å². The fourth-order valence-corrected chi connectivity index (χ4v) is 5.63. The predicted molar refractivity (Wildman–Crippen MR) is 94.5 cm³/mol. The minimum Gasteiger partial charge on any atom is -0.465 e. The van der Waals surface area contributed by atoms with E-state index in [4.69, 9.17) is 4.42 Å². The number of anilines is 1. The van der Waals surface area contributed by atoms with Gasteiger partial charge in [-0.05, 0) is 31.1 Å². The van der Waals surface area contributed by atoms with Crippen molar-refractivity contribution in [2.24, 2.45) is 0 Å². The molecule has 3 heterocycles. The molecule has 0 bridgehead atoms. The number of nitrogens with zero attached hydrogens (tertiary/aromatic N) is 2. The van der Waals surface area contributed by atoms with Crippen molar-refractivity contribution in [2.75, 3.05) is 11.9 Å². The second kappa shape index (κ2) is 6.40. The van der Waals surface area contributed by atoms with Crippen molar-refractivity contribution >= 4 is 38.5 Å². The third-order valence-corrected chi connectivity index (χ3v) is 7.52. The fourth-order valence-electron chi connectivity index (χ4n) is 2.71. The van der Waals surface area contributed by atoms with Gasteiger partial charge >= 0.3 is 0 Å². The highest BCUT2D eigenvalue weighted by atomic mass is 32.2. The number of hydrogen-bond acceptors (Lipinski definition) is 6. The van der Waals surface area contributed by atoms with E-state index in [1.165, 1.54) is 23.7 Å². The van der Waals surface area contributed by atoms with Crippen LogP contribution in [0.3, 0.4) is 0 Å². The van der Waals surface area contributed by atoms with Gasteiger partial charge in [-0.15, -0.1) is 11.3 Å². The number of furan rings is 1. The van der Waals surface area contributed by atoms with E-state index < -0.39 is 10.0 Å². The Morgan fingerprint density at radius 3 is 3.00 bits per heavy atom. The molecule has 132 valence electrons. The molecule has 2 aromatic rings. The molecule has 1 saturated carbocycles. The zero-order chi connectivity index (χ0) is 17.4. The van der Waals surface area contributed by atoms with Crippen molar-refractivity contribution in [1.82, 2.24) is 9.29 Å². The standard InChI is InChI=1S/C16H17N3O4S2/c20-15(6-3-11-2-1-9-23-11)18-16-17-13-7-8-19(10-14(13)24-16)25(21,22)12-4-5-12/h1-3,6,9,12H,4-5,7-8,10H2,(H,17,18,20). The molecule has 1 aliphatic carbocycles. The van der Waals surface area contributed by atoms with Crippen LogP contribution in [0.4, 0.5) is 5.13 Å². The van der Waals surface area contributed by atoms with Crippen LogP contribution in [0.25, 0.3) is 6.08 Å². The summed E-state index contributed by atoms with van der Waals surface area (Å²) in [5.41, 5.74) is 0.873. The molecule has 9 heteroatoms. The highest BCUT2D eigenvalue weighted by molar-refractivity contribution is 7.90. The van der Waals surface area contributed by atoms with Gasteiger partial charge in [0.1, 0.15) is 5.76 Å². The third-order valence-electron chi connectivity index (χ3n) is 4.17. The number of carbonyl (C=O) groups excluding carboxylic acids is 1. The van der Waals surface area contributed by atoms with Gasteiger partial charge in [0, 0.05) is 30.5 Å². The summed E-state index contributed by atoms with van der Waals surface area (Å²) >= 11 is 1.33. The van der Waals surface area contributed by atoms with E-state index in [9.17, 15) is 13.2 Å². The van der Waals surface area contributed by atoms with Crippen LogP contribution in [0.2, 0.25) is 0 Å². The van der Waals surface area contributed by atoms with Crippen LogP contribution in [0.1, 0.15) is 29.2 Å². The Balaban J connectivity index is 1.42. The van der Waals surface area contributed by atoms with E-state index in [0.717, 1.165) is 23.4 Å². The van der Waals surface area contributed by atoms with Crippen LogP contribution < -0.4 is 5.32 Å². The summed E-state index contributed by atoms with van der Waals surface area (Å²) in [5.74, 6) is 0.291. The van der Waals surface area contributed by atoms with Crippen LogP contribution >= 0.6 is 11.3 Å². The van der Waals surface area contributed by atoms with Crippen molar-refractivity contribution in [3.63, 3.8) is 0 Å². The molecule has 0 spiro atoms. The first-order valence-electron chi connectivity index (χ1n) is 8.02. The van der Waals surface area contributed by atoms with Crippen LogP contribution in [0, 0.1) is 0 Å². The molecular weight excluding hydrogens is 362 g/mol. The van der Waals surface area contributed by atoms with Gasteiger partial charge in [0.15, 0.2) is 5.13 Å². The molecule has 1 aliphatic heterocycles. The average Bonchev–Trinajstić information content (AvgIpc) is 3.18. The quantitative estimate of drug-likeness (QED) is 0.804. The minimum atomic E-state index is -3.18. The molecule has 1 amide bonds. The maximum atomic E-state index is 12.4. The lowest BCUT2D eigenvalue weighted by Gasteiger charge is -2.25. The number of hydrogen-bond donors (Lipinski definition) is 1. The number of fused-ring (bicyclic) bond motifs is 1. The van der Waals surface area contributed by atoms with E-state index in [-0.39, 0.29) is 11.2 Å². The highest BCUT2D eigenvalue weighted by Crippen LogP contribution is 2.35. The predicted octanol–water partition coefficient (Wildman–Crippen LogP) is 2.24. The molecule has 1 N–H and O–H groups in total. The first kappa shape index (κ1) is 16.5. The van der Waals surface area contributed by atoms with Gasteiger partial charge in [-0.1, -0.05) is 0 Å². The Labute approximate surface area is 149 Å². The highest BCUT2D eigenvalue weighted by Gasteiger charge is 2.41. The van der Waals surface area contributed by atoms with Crippen molar-refractivity contribution in [2.45, 2.75) is 31.1 Å². The smallest absolute Gasteiger partial charge is 0.250 e. The molecule has 0 unspecified atom stereocenters. The van der Waals surface area contributed by atoms with Gasteiger partial charge in [0.25, 0.3) is 0 Å². The van der Waals surface area contributed by atoms with Gasteiger partial charge in [-0.2, -0.15) is 4.31 Å².